The molecule has 1 saturated heterocycles. The van der Waals surface area contributed by atoms with Gasteiger partial charge < -0.3 is 4.90 Å². The Morgan fingerprint density at radius 2 is 1.52 bits per heavy atom. The van der Waals surface area contributed by atoms with Gasteiger partial charge in [-0.05, 0) is 35.9 Å². The van der Waals surface area contributed by atoms with Gasteiger partial charge in [0.05, 0.1) is 10.5 Å². The number of primary sulfonamides is 1. The van der Waals surface area contributed by atoms with Crippen molar-refractivity contribution in [3.63, 3.8) is 0 Å². The van der Waals surface area contributed by atoms with Crippen LogP contribution in [-0.4, -0.2) is 39.5 Å². The molecule has 2 aromatic carbocycles. The molecule has 0 unspecified atom stereocenters. The van der Waals surface area contributed by atoms with Crippen molar-refractivity contribution in [3.05, 3.63) is 59.7 Å². The summed E-state index contributed by atoms with van der Waals surface area (Å²) in [5.74, 6) is 0. The maximum atomic E-state index is 13.1. The third kappa shape index (κ3) is 4.79. The molecule has 5 nitrogen and oxygen atoms in total. The van der Waals surface area contributed by atoms with Gasteiger partial charge in [0, 0.05) is 38.4 Å². The maximum absolute atomic E-state index is 13.1. The monoisotopic (exact) mass is 399 g/mol. The summed E-state index contributed by atoms with van der Waals surface area (Å²) in [6.45, 7) is 2.76. The zero-order chi connectivity index (χ0) is 19.7. The van der Waals surface area contributed by atoms with E-state index in [0.717, 1.165) is 11.8 Å². The fourth-order valence-corrected chi connectivity index (χ4v) is 3.70. The Labute approximate surface area is 156 Å². The molecule has 0 spiro atoms. The first-order valence-corrected chi connectivity index (χ1v) is 9.94. The lowest BCUT2D eigenvalue weighted by Gasteiger charge is -2.36. The molecule has 0 atom stereocenters. The van der Waals surface area contributed by atoms with Crippen LogP contribution in [-0.2, 0) is 22.7 Å². The van der Waals surface area contributed by atoms with Gasteiger partial charge in [0.25, 0.3) is 0 Å². The number of nitrogens with zero attached hydrogens (tertiary/aromatic N) is 2. The molecule has 1 aliphatic rings. The molecule has 1 aliphatic heterocycles. The second-order valence-electron chi connectivity index (χ2n) is 6.46. The van der Waals surface area contributed by atoms with Gasteiger partial charge in [-0.15, -0.1) is 0 Å². The molecule has 146 valence electrons. The van der Waals surface area contributed by atoms with Crippen LogP contribution >= 0.6 is 0 Å². The van der Waals surface area contributed by atoms with Crippen LogP contribution in [0.5, 0.6) is 0 Å². The summed E-state index contributed by atoms with van der Waals surface area (Å²) in [4.78, 5) is 4.10. The minimum atomic E-state index is -4.36. The Morgan fingerprint density at radius 3 is 2.07 bits per heavy atom. The van der Waals surface area contributed by atoms with Crippen molar-refractivity contribution in [2.45, 2.75) is 17.6 Å². The number of anilines is 1. The molecular formula is C18H20F3N3O2S. The van der Waals surface area contributed by atoms with Crippen LogP contribution in [0, 0.1) is 0 Å². The SMILES string of the molecule is NS(=O)(=O)c1ccc(N2CCN(Cc3ccccc3C(F)(F)F)CC2)cc1. The summed E-state index contributed by atoms with van der Waals surface area (Å²) >= 11 is 0. The number of piperazine rings is 1. The number of rotatable bonds is 4. The largest absolute Gasteiger partial charge is 0.416 e. The number of benzene rings is 2. The number of nitrogens with two attached hydrogens (primary N) is 1. The van der Waals surface area contributed by atoms with E-state index in [0.29, 0.717) is 26.2 Å². The van der Waals surface area contributed by atoms with Crippen LogP contribution in [0.2, 0.25) is 0 Å². The molecule has 9 heteroatoms. The lowest BCUT2D eigenvalue weighted by Crippen LogP contribution is -2.46. The molecule has 27 heavy (non-hydrogen) atoms. The standard InChI is InChI=1S/C18H20F3N3O2S/c19-18(20,21)17-4-2-1-3-14(17)13-23-9-11-24(12-10-23)15-5-7-16(8-6-15)27(22,25)26/h1-8H,9-13H2,(H2,22,25,26). The Morgan fingerprint density at radius 1 is 0.926 bits per heavy atom. The van der Waals surface area contributed by atoms with Crippen molar-refractivity contribution in [2.75, 3.05) is 31.1 Å². The van der Waals surface area contributed by atoms with E-state index in [1.807, 2.05) is 4.90 Å². The summed E-state index contributed by atoms with van der Waals surface area (Å²) in [5.41, 5.74) is 0.541. The minimum absolute atomic E-state index is 0.0497. The van der Waals surface area contributed by atoms with E-state index < -0.39 is 21.8 Å². The molecule has 2 aromatic rings. The lowest BCUT2D eigenvalue weighted by atomic mass is 10.1. The highest BCUT2D eigenvalue weighted by Gasteiger charge is 2.33. The highest BCUT2D eigenvalue weighted by molar-refractivity contribution is 7.89. The van der Waals surface area contributed by atoms with Crippen LogP contribution in [0.3, 0.4) is 0 Å². The quantitative estimate of drug-likeness (QED) is 0.859. The van der Waals surface area contributed by atoms with E-state index in [-0.39, 0.29) is 17.0 Å². The molecule has 0 aliphatic carbocycles. The zero-order valence-corrected chi connectivity index (χ0v) is 15.3. The van der Waals surface area contributed by atoms with Crippen LogP contribution in [0.4, 0.5) is 18.9 Å². The fraction of sp³-hybridized carbons (Fsp3) is 0.333. The number of sulfonamides is 1. The first-order valence-electron chi connectivity index (χ1n) is 8.40. The predicted molar refractivity (Wildman–Crippen MR) is 96.7 cm³/mol. The summed E-state index contributed by atoms with van der Waals surface area (Å²) < 4.78 is 62.0. The maximum Gasteiger partial charge on any atom is 0.416 e. The highest BCUT2D eigenvalue weighted by Crippen LogP contribution is 2.32. The molecule has 1 fully saturated rings. The smallest absolute Gasteiger partial charge is 0.369 e. The molecule has 0 aromatic heterocycles. The van der Waals surface area contributed by atoms with Gasteiger partial charge in [-0.3, -0.25) is 4.90 Å². The average Bonchev–Trinajstić information content (AvgIpc) is 2.61. The van der Waals surface area contributed by atoms with Crippen molar-refractivity contribution in [1.29, 1.82) is 0 Å². The van der Waals surface area contributed by atoms with Crippen LogP contribution in [0.15, 0.2) is 53.4 Å². The Hall–Kier alpha value is -2.10. The third-order valence-corrected chi connectivity index (χ3v) is 5.55. The second-order valence-corrected chi connectivity index (χ2v) is 8.02. The van der Waals surface area contributed by atoms with Gasteiger partial charge in [-0.1, -0.05) is 18.2 Å². The van der Waals surface area contributed by atoms with Gasteiger partial charge in [0.2, 0.25) is 10.0 Å². The van der Waals surface area contributed by atoms with Gasteiger partial charge in [0.1, 0.15) is 0 Å². The highest BCUT2D eigenvalue weighted by atomic mass is 32.2. The van der Waals surface area contributed by atoms with Gasteiger partial charge >= 0.3 is 6.18 Å². The Balaban J connectivity index is 1.63. The molecular weight excluding hydrogens is 379 g/mol. The number of hydrogen-bond acceptors (Lipinski definition) is 4. The molecule has 0 saturated carbocycles. The Kier molecular flexibility index (Phi) is 5.45. The summed E-state index contributed by atoms with van der Waals surface area (Å²) in [6, 6.07) is 11.9. The number of alkyl halides is 3. The summed E-state index contributed by atoms with van der Waals surface area (Å²) in [5, 5.41) is 5.09. The third-order valence-electron chi connectivity index (χ3n) is 4.62. The molecule has 3 rings (SSSR count). The van der Waals surface area contributed by atoms with Gasteiger partial charge in [-0.25, -0.2) is 13.6 Å². The number of hydrogen-bond donors (Lipinski definition) is 1. The zero-order valence-electron chi connectivity index (χ0n) is 14.5. The predicted octanol–water partition coefficient (Wildman–Crippen LogP) is 2.68. The molecule has 0 bridgehead atoms. The fourth-order valence-electron chi connectivity index (χ4n) is 3.19. The first kappa shape index (κ1) is 19.7. The summed E-state index contributed by atoms with van der Waals surface area (Å²) in [6.07, 6.45) is -4.36. The van der Waals surface area contributed by atoms with Crippen LogP contribution < -0.4 is 10.0 Å². The minimum Gasteiger partial charge on any atom is -0.369 e. The second kappa shape index (κ2) is 7.49. The average molecular weight is 399 g/mol. The summed E-state index contributed by atoms with van der Waals surface area (Å²) in [7, 11) is -3.73. The van der Waals surface area contributed by atoms with Crippen LogP contribution in [0.1, 0.15) is 11.1 Å². The van der Waals surface area contributed by atoms with Crippen molar-refractivity contribution in [2.24, 2.45) is 5.14 Å². The molecule has 1 heterocycles. The van der Waals surface area contributed by atoms with Gasteiger partial charge in [-0.2, -0.15) is 13.2 Å². The van der Waals surface area contributed by atoms with Crippen LogP contribution in [0.25, 0.3) is 0 Å². The van der Waals surface area contributed by atoms with E-state index in [1.165, 1.54) is 24.3 Å². The van der Waals surface area contributed by atoms with E-state index in [2.05, 4.69) is 4.90 Å². The lowest BCUT2D eigenvalue weighted by molar-refractivity contribution is -0.138. The van der Waals surface area contributed by atoms with Crippen molar-refractivity contribution >= 4 is 15.7 Å². The molecule has 0 radical (unpaired) electrons. The van der Waals surface area contributed by atoms with E-state index in [9.17, 15) is 21.6 Å². The van der Waals surface area contributed by atoms with Crippen molar-refractivity contribution < 1.29 is 21.6 Å². The topological polar surface area (TPSA) is 66.6 Å². The first-order chi connectivity index (χ1) is 12.6. The van der Waals surface area contributed by atoms with E-state index >= 15 is 0 Å². The van der Waals surface area contributed by atoms with Gasteiger partial charge in [0.15, 0.2) is 0 Å². The van der Waals surface area contributed by atoms with Crippen molar-refractivity contribution in [3.8, 4) is 0 Å². The van der Waals surface area contributed by atoms with E-state index in [4.69, 9.17) is 5.14 Å². The normalized spacial score (nSPS) is 16.5. The molecule has 0 amide bonds. The van der Waals surface area contributed by atoms with E-state index in [1.54, 1.807) is 18.2 Å². The van der Waals surface area contributed by atoms with Crippen molar-refractivity contribution in [1.82, 2.24) is 4.90 Å². The Bertz CT molecular complexity index is 891. The number of halogens is 3. The molecule has 2 N–H and O–H groups in total.